The fourth-order valence-corrected chi connectivity index (χ4v) is 8.46. The second kappa shape index (κ2) is 12.3. The van der Waals surface area contributed by atoms with E-state index in [0.29, 0.717) is 26.4 Å². The Labute approximate surface area is 274 Å². The van der Waals surface area contributed by atoms with Gasteiger partial charge >= 0.3 is 27.3 Å². The molecule has 2 aromatic carbocycles. The Morgan fingerprint density at radius 2 is 1.65 bits per heavy atom. The van der Waals surface area contributed by atoms with Crippen LogP contribution in [0.25, 0.3) is 0 Å². The lowest BCUT2D eigenvalue weighted by Crippen LogP contribution is -2.41. The zero-order valence-corrected chi connectivity index (χ0v) is 27.6. The van der Waals surface area contributed by atoms with Gasteiger partial charge in [0.05, 0.1) is 23.1 Å². The summed E-state index contributed by atoms with van der Waals surface area (Å²) in [7, 11) is -5.82. The molecule has 4 atom stereocenters. The van der Waals surface area contributed by atoms with Crippen LogP contribution in [0.5, 0.6) is 0 Å². The Morgan fingerprint density at radius 1 is 1.02 bits per heavy atom. The van der Waals surface area contributed by atoms with Crippen molar-refractivity contribution in [3.63, 3.8) is 0 Å². The van der Waals surface area contributed by atoms with E-state index in [4.69, 9.17) is 9.29 Å². The van der Waals surface area contributed by atoms with Crippen molar-refractivity contribution in [2.24, 2.45) is 23.7 Å². The summed E-state index contributed by atoms with van der Waals surface area (Å²) in [5.41, 5.74) is -0.168. The van der Waals surface area contributed by atoms with Crippen LogP contribution < -0.4 is 5.32 Å². The highest BCUT2D eigenvalue weighted by molar-refractivity contribution is 14.1. The molecule has 4 unspecified atom stereocenters. The van der Waals surface area contributed by atoms with Gasteiger partial charge in [-0.3, -0.25) is 14.1 Å². The van der Waals surface area contributed by atoms with E-state index in [1.165, 1.54) is 6.07 Å². The number of fused-ring (bicyclic) bond motifs is 2. The minimum absolute atomic E-state index is 0.0263. The van der Waals surface area contributed by atoms with Gasteiger partial charge in [-0.25, -0.2) is 4.79 Å². The van der Waals surface area contributed by atoms with E-state index in [0.717, 1.165) is 18.4 Å². The van der Waals surface area contributed by atoms with Crippen LogP contribution in [-0.2, 0) is 34.8 Å². The van der Waals surface area contributed by atoms with Crippen LogP contribution in [0.15, 0.2) is 54.6 Å². The third-order valence-electron chi connectivity index (χ3n) is 8.31. The first-order chi connectivity index (χ1) is 20.2. The Bertz CT molecular complexity index is 1580. The molecule has 0 spiro atoms. The van der Waals surface area contributed by atoms with Crippen molar-refractivity contribution in [2.75, 3.05) is 11.9 Å². The zero-order chi connectivity index (χ0) is 31.2. The number of hydrogen-bond donors (Lipinski definition) is 2. The monoisotopic (exact) mass is 841 g/mol. The summed E-state index contributed by atoms with van der Waals surface area (Å²) in [5.74, 6) is -4.36. The summed E-state index contributed by atoms with van der Waals surface area (Å²) >= 11 is 3.75. The summed E-state index contributed by atoms with van der Waals surface area (Å²) in [6, 6.07) is 12.5. The molecule has 5 rings (SSSR count). The number of amides is 1. The molecule has 0 aromatic heterocycles. The standard InChI is InChI=1S/C29H27F2I2NO8S/c30-29(31,43(38,39)40)15-41-26(36)20-13-19(32)14-21(33)24(20)34-25(35)22-16-8-9-17(12-16)23(22)27(37)42-28(10-4-5-11-28)18-6-2-1-3-7-18/h1-3,6-9,13-14,16-17,22-23H,4-5,10-12,15H2,(H,34,35)(H,38,39,40). The molecule has 14 heteroatoms. The first-order valence-electron chi connectivity index (χ1n) is 13.5. The van der Waals surface area contributed by atoms with Crippen LogP contribution in [-0.4, -0.2) is 42.7 Å². The average Bonchev–Trinajstić information content (AvgIpc) is 3.70. The number of alkyl halides is 2. The third-order valence-corrected chi connectivity index (χ3v) is 10.7. The fraction of sp³-hybridized carbons (Fsp3) is 0.414. The van der Waals surface area contributed by atoms with Crippen LogP contribution in [0.2, 0.25) is 0 Å². The molecule has 2 saturated carbocycles. The average molecular weight is 841 g/mol. The predicted molar refractivity (Wildman–Crippen MR) is 168 cm³/mol. The number of carbonyl (C=O) groups excluding carboxylic acids is 3. The van der Waals surface area contributed by atoms with Crippen LogP contribution >= 0.6 is 45.2 Å². The van der Waals surface area contributed by atoms with E-state index in [1.54, 1.807) is 6.07 Å². The molecule has 2 N–H and O–H groups in total. The lowest BCUT2D eigenvalue weighted by molar-refractivity contribution is -0.169. The number of allylic oxidation sites excluding steroid dienone is 2. The molecular weight excluding hydrogens is 814 g/mol. The minimum Gasteiger partial charge on any atom is -0.454 e. The molecule has 0 heterocycles. The lowest BCUT2D eigenvalue weighted by atomic mass is 9.81. The molecule has 3 aliphatic rings. The highest BCUT2D eigenvalue weighted by Gasteiger charge is 2.54. The van der Waals surface area contributed by atoms with E-state index >= 15 is 0 Å². The molecule has 0 saturated heterocycles. The Kier molecular flexibility index (Phi) is 9.22. The number of nitrogens with one attached hydrogen (secondary N) is 1. The van der Waals surface area contributed by atoms with Gasteiger partial charge in [0, 0.05) is 7.14 Å². The maximum atomic E-state index is 13.8. The van der Waals surface area contributed by atoms with Crippen LogP contribution in [0.4, 0.5) is 14.5 Å². The number of halogens is 4. The quantitative estimate of drug-likeness (QED) is 0.138. The van der Waals surface area contributed by atoms with Crippen molar-refractivity contribution in [1.82, 2.24) is 0 Å². The minimum atomic E-state index is -5.82. The van der Waals surface area contributed by atoms with E-state index in [1.807, 2.05) is 87.7 Å². The highest BCUT2D eigenvalue weighted by atomic mass is 127. The number of hydrogen-bond acceptors (Lipinski definition) is 7. The van der Waals surface area contributed by atoms with Gasteiger partial charge in [-0.2, -0.15) is 17.2 Å². The third kappa shape index (κ3) is 6.47. The summed E-state index contributed by atoms with van der Waals surface area (Å²) in [6.45, 7) is -1.92. The van der Waals surface area contributed by atoms with Crippen molar-refractivity contribution >= 4 is 78.8 Å². The number of rotatable bonds is 9. The first-order valence-corrected chi connectivity index (χ1v) is 17.1. The van der Waals surface area contributed by atoms with Crippen molar-refractivity contribution < 1.29 is 45.6 Å². The van der Waals surface area contributed by atoms with Crippen molar-refractivity contribution in [3.05, 3.63) is 72.9 Å². The van der Waals surface area contributed by atoms with Crippen molar-refractivity contribution in [3.8, 4) is 0 Å². The Hall–Kier alpha value is -2.18. The molecule has 43 heavy (non-hydrogen) atoms. The van der Waals surface area contributed by atoms with Gasteiger partial charge < -0.3 is 14.8 Å². The second-order valence-electron chi connectivity index (χ2n) is 11.0. The highest BCUT2D eigenvalue weighted by Crippen LogP contribution is 2.51. The van der Waals surface area contributed by atoms with Crippen molar-refractivity contribution in [2.45, 2.75) is 43.0 Å². The molecule has 9 nitrogen and oxygen atoms in total. The molecule has 0 radical (unpaired) electrons. The number of anilines is 1. The van der Waals surface area contributed by atoms with E-state index < -0.39 is 57.3 Å². The van der Waals surface area contributed by atoms with Crippen LogP contribution in [0.1, 0.15) is 48.0 Å². The topological polar surface area (TPSA) is 136 Å². The van der Waals surface area contributed by atoms with E-state index in [9.17, 15) is 31.6 Å². The number of benzene rings is 2. The Balaban J connectivity index is 1.38. The van der Waals surface area contributed by atoms with Gasteiger partial charge in [0.1, 0.15) is 5.60 Å². The zero-order valence-electron chi connectivity index (χ0n) is 22.5. The lowest BCUT2D eigenvalue weighted by Gasteiger charge is -2.34. The van der Waals surface area contributed by atoms with Gasteiger partial charge in [-0.1, -0.05) is 42.5 Å². The van der Waals surface area contributed by atoms with E-state index in [-0.39, 0.29) is 23.1 Å². The summed E-state index contributed by atoms with van der Waals surface area (Å²) < 4.78 is 69.8. The molecular formula is C29H27F2I2NO8S. The largest absolute Gasteiger partial charge is 0.454 e. The SMILES string of the molecule is O=C(OCC(F)(F)S(=O)(=O)O)c1cc(I)cc(I)c1NC(=O)C1C2C=CC(C2)C1C(=O)OC1(c2ccccc2)CCCC1. The number of carbonyl (C=O) groups is 3. The van der Waals surface area contributed by atoms with E-state index in [2.05, 4.69) is 10.1 Å². The van der Waals surface area contributed by atoms with Gasteiger partial charge in [0.15, 0.2) is 6.61 Å². The van der Waals surface area contributed by atoms with Gasteiger partial charge in [0.2, 0.25) is 5.91 Å². The normalized spacial score (nSPS) is 24.1. The molecule has 2 fully saturated rings. The van der Waals surface area contributed by atoms with Gasteiger partial charge in [-0.05, 0) is 107 Å². The van der Waals surface area contributed by atoms with Crippen molar-refractivity contribution in [1.29, 1.82) is 0 Å². The smallest absolute Gasteiger partial charge is 0.402 e. The molecule has 3 aliphatic carbocycles. The maximum absolute atomic E-state index is 13.8. The van der Waals surface area contributed by atoms with Crippen LogP contribution in [0.3, 0.4) is 0 Å². The molecule has 0 aliphatic heterocycles. The summed E-state index contributed by atoms with van der Waals surface area (Å²) in [4.78, 5) is 40.5. The van der Waals surface area contributed by atoms with Gasteiger partial charge in [0.25, 0.3) is 0 Å². The van der Waals surface area contributed by atoms with Crippen LogP contribution in [0, 0.1) is 30.8 Å². The van der Waals surface area contributed by atoms with Gasteiger partial charge in [-0.15, -0.1) is 0 Å². The fourth-order valence-electron chi connectivity index (χ4n) is 6.27. The number of ether oxygens (including phenoxy) is 2. The molecule has 2 bridgehead atoms. The first kappa shape index (κ1) is 32.2. The molecule has 1 amide bonds. The summed E-state index contributed by atoms with van der Waals surface area (Å²) in [5, 5.41) is -2.01. The Morgan fingerprint density at radius 3 is 2.28 bits per heavy atom. The predicted octanol–water partition coefficient (Wildman–Crippen LogP) is 5.92. The molecule has 230 valence electrons. The molecule has 2 aromatic rings. The maximum Gasteiger partial charge on any atom is 0.402 e. The summed E-state index contributed by atoms with van der Waals surface area (Å²) in [6.07, 6.45) is 7.58. The second-order valence-corrected chi connectivity index (χ2v) is 14.9. The number of esters is 2.